The van der Waals surface area contributed by atoms with E-state index in [9.17, 15) is 0 Å². The zero-order valence-corrected chi connectivity index (χ0v) is 19.4. The molecule has 0 saturated carbocycles. The molecule has 2 nitrogen and oxygen atoms in total. The fraction of sp³-hybridized carbons (Fsp3) is 1.00. The number of hydrogen-bond donors (Lipinski definition) is 2. The molecule has 0 amide bonds. The highest BCUT2D eigenvalue weighted by molar-refractivity contribution is 5.00. The SMILES string of the molecule is CCCCCCCCC(NCCC)C(CC(C)C)(CC(C)C)NCCC. The Kier molecular flexibility index (Phi) is 15.9. The highest BCUT2D eigenvalue weighted by atomic mass is 15.1. The van der Waals surface area contributed by atoms with Crippen molar-refractivity contribution in [2.75, 3.05) is 13.1 Å². The first-order valence-electron chi connectivity index (χ1n) is 11.9. The Morgan fingerprint density at radius 2 is 1.19 bits per heavy atom. The van der Waals surface area contributed by atoms with Crippen molar-refractivity contribution in [3.63, 3.8) is 0 Å². The summed E-state index contributed by atoms with van der Waals surface area (Å²) in [6.45, 7) is 18.7. The van der Waals surface area contributed by atoms with Crippen LogP contribution in [0.15, 0.2) is 0 Å². The van der Waals surface area contributed by atoms with Gasteiger partial charge >= 0.3 is 0 Å². The molecule has 2 N–H and O–H groups in total. The minimum atomic E-state index is 0.247. The zero-order valence-electron chi connectivity index (χ0n) is 19.4. The quantitative estimate of drug-likeness (QED) is 0.256. The van der Waals surface area contributed by atoms with Gasteiger partial charge in [0.25, 0.3) is 0 Å². The van der Waals surface area contributed by atoms with Crippen LogP contribution < -0.4 is 10.6 Å². The van der Waals surface area contributed by atoms with Crippen LogP contribution in [0.5, 0.6) is 0 Å². The van der Waals surface area contributed by atoms with Gasteiger partial charge in [-0.05, 0) is 57.0 Å². The topological polar surface area (TPSA) is 24.1 Å². The molecule has 2 heteroatoms. The lowest BCUT2D eigenvalue weighted by molar-refractivity contribution is 0.151. The van der Waals surface area contributed by atoms with Gasteiger partial charge in [-0.1, -0.05) is 87.0 Å². The maximum absolute atomic E-state index is 4.05. The highest BCUT2D eigenvalue weighted by Gasteiger charge is 2.38. The van der Waals surface area contributed by atoms with Crippen LogP contribution in [0.25, 0.3) is 0 Å². The van der Waals surface area contributed by atoms with Crippen LogP contribution in [0.3, 0.4) is 0 Å². The molecule has 0 saturated heterocycles. The minimum Gasteiger partial charge on any atom is -0.312 e. The Bertz CT molecular complexity index is 289. The standard InChI is InChI=1S/C24H52N2/c1-8-11-12-13-14-15-16-23(25-17-9-2)24(19-21(4)5,20-22(6)7)26-18-10-3/h21-23,25-26H,8-20H2,1-7H3. The van der Waals surface area contributed by atoms with Gasteiger partial charge < -0.3 is 10.6 Å². The lowest BCUT2D eigenvalue weighted by Gasteiger charge is -2.45. The van der Waals surface area contributed by atoms with E-state index in [-0.39, 0.29) is 5.54 Å². The van der Waals surface area contributed by atoms with E-state index in [2.05, 4.69) is 59.1 Å². The lowest BCUT2D eigenvalue weighted by Crippen LogP contribution is -2.61. The smallest absolute Gasteiger partial charge is 0.0339 e. The molecule has 158 valence electrons. The van der Waals surface area contributed by atoms with E-state index in [4.69, 9.17) is 0 Å². The minimum absolute atomic E-state index is 0.247. The summed E-state index contributed by atoms with van der Waals surface area (Å²) in [7, 11) is 0. The molecule has 0 aliphatic carbocycles. The largest absolute Gasteiger partial charge is 0.312 e. The summed E-state index contributed by atoms with van der Waals surface area (Å²) in [6, 6.07) is 0.602. The van der Waals surface area contributed by atoms with Crippen molar-refractivity contribution in [2.45, 2.75) is 131 Å². The van der Waals surface area contributed by atoms with E-state index in [1.54, 1.807) is 0 Å². The molecule has 0 aliphatic heterocycles. The molecule has 0 rings (SSSR count). The summed E-state index contributed by atoms with van der Waals surface area (Å²) in [5.74, 6) is 1.46. The van der Waals surface area contributed by atoms with E-state index < -0.39 is 0 Å². The van der Waals surface area contributed by atoms with Gasteiger partial charge in [0.05, 0.1) is 0 Å². The van der Waals surface area contributed by atoms with Crippen molar-refractivity contribution in [3.8, 4) is 0 Å². The average Bonchev–Trinajstić information content (AvgIpc) is 2.57. The van der Waals surface area contributed by atoms with Gasteiger partial charge in [-0.2, -0.15) is 0 Å². The predicted octanol–water partition coefficient (Wildman–Crippen LogP) is 6.94. The average molecular weight is 369 g/mol. The maximum Gasteiger partial charge on any atom is 0.0339 e. The van der Waals surface area contributed by atoms with Crippen LogP contribution in [0.2, 0.25) is 0 Å². The van der Waals surface area contributed by atoms with Crippen molar-refractivity contribution < 1.29 is 0 Å². The first-order chi connectivity index (χ1) is 12.4. The third-order valence-corrected chi connectivity index (χ3v) is 5.43. The van der Waals surface area contributed by atoms with Gasteiger partial charge in [-0.3, -0.25) is 0 Å². The molecule has 0 radical (unpaired) electrons. The Balaban J connectivity index is 5.12. The van der Waals surface area contributed by atoms with E-state index in [1.165, 1.54) is 70.6 Å². The molecule has 0 aliphatic rings. The maximum atomic E-state index is 4.05. The Morgan fingerprint density at radius 1 is 0.654 bits per heavy atom. The van der Waals surface area contributed by atoms with Crippen LogP contribution in [-0.4, -0.2) is 24.7 Å². The fourth-order valence-electron chi connectivity index (χ4n) is 4.49. The van der Waals surface area contributed by atoms with E-state index in [0.29, 0.717) is 6.04 Å². The molecule has 0 fully saturated rings. The molecule has 1 unspecified atom stereocenters. The Labute approximate surface area is 166 Å². The Morgan fingerprint density at radius 3 is 1.69 bits per heavy atom. The number of nitrogens with one attached hydrogen (secondary N) is 2. The lowest BCUT2D eigenvalue weighted by atomic mass is 9.74. The molecule has 0 bridgehead atoms. The van der Waals surface area contributed by atoms with E-state index >= 15 is 0 Å². The second-order valence-electron chi connectivity index (χ2n) is 9.34. The van der Waals surface area contributed by atoms with Crippen LogP contribution in [0.4, 0.5) is 0 Å². The second kappa shape index (κ2) is 15.9. The van der Waals surface area contributed by atoms with Crippen molar-refractivity contribution >= 4 is 0 Å². The van der Waals surface area contributed by atoms with Crippen molar-refractivity contribution in [2.24, 2.45) is 11.8 Å². The molecular weight excluding hydrogens is 316 g/mol. The van der Waals surface area contributed by atoms with Gasteiger partial charge in [0.1, 0.15) is 0 Å². The van der Waals surface area contributed by atoms with Gasteiger partial charge in [0.2, 0.25) is 0 Å². The number of rotatable bonds is 18. The summed E-state index contributed by atoms with van der Waals surface area (Å²) in [5.41, 5.74) is 0.247. The molecular formula is C24H52N2. The van der Waals surface area contributed by atoms with Crippen molar-refractivity contribution in [1.82, 2.24) is 10.6 Å². The first kappa shape index (κ1) is 25.9. The van der Waals surface area contributed by atoms with Crippen LogP contribution in [0.1, 0.15) is 119 Å². The molecule has 0 spiro atoms. The van der Waals surface area contributed by atoms with Crippen LogP contribution >= 0.6 is 0 Å². The molecule has 26 heavy (non-hydrogen) atoms. The fourth-order valence-corrected chi connectivity index (χ4v) is 4.49. The van der Waals surface area contributed by atoms with Crippen molar-refractivity contribution in [3.05, 3.63) is 0 Å². The normalized spacial score (nSPS) is 13.7. The summed E-state index contributed by atoms with van der Waals surface area (Å²) >= 11 is 0. The zero-order chi connectivity index (χ0) is 19.8. The highest BCUT2D eigenvalue weighted by Crippen LogP contribution is 2.31. The van der Waals surface area contributed by atoms with Gasteiger partial charge in [0, 0.05) is 11.6 Å². The summed E-state index contributed by atoms with van der Waals surface area (Å²) in [6.07, 6.45) is 14.7. The third kappa shape index (κ3) is 11.6. The van der Waals surface area contributed by atoms with Gasteiger partial charge in [0.15, 0.2) is 0 Å². The van der Waals surface area contributed by atoms with Crippen LogP contribution in [0, 0.1) is 11.8 Å². The third-order valence-electron chi connectivity index (χ3n) is 5.43. The number of hydrogen-bond acceptors (Lipinski definition) is 2. The molecule has 1 atom stereocenters. The molecule has 0 aromatic heterocycles. The monoisotopic (exact) mass is 368 g/mol. The molecule has 0 heterocycles. The van der Waals surface area contributed by atoms with Gasteiger partial charge in [-0.25, -0.2) is 0 Å². The molecule has 0 aromatic rings. The van der Waals surface area contributed by atoms with Crippen molar-refractivity contribution in [1.29, 1.82) is 0 Å². The molecule has 0 aromatic carbocycles. The predicted molar refractivity (Wildman–Crippen MR) is 120 cm³/mol. The first-order valence-corrected chi connectivity index (χ1v) is 11.9. The summed E-state index contributed by atoms with van der Waals surface area (Å²) < 4.78 is 0. The number of unbranched alkanes of at least 4 members (excludes halogenated alkanes) is 5. The van der Waals surface area contributed by atoms with Crippen LogP contribution in [-0.2, 0) is 0 Å². The van der Waals surface area contributed by atoms with Gasteiger partial charge in [-0.15, -0.1) is 0 Å². The Hall–Kier alpha value is -0.0800. The van der Waals surface area contributed by atoms with E-state index in [1.807, 2.05) is 0 Å². The van der Waals surface area contributed by atoms with E-state index in [0.717, 1.165) is 24.9 Å². The second-order valence-corrected chi connectivity index (χ2v) is 9.34. The summed E-state index contributed by atoms with van der Waals surface area (Å²) in [4.78, 5) is 0. The summed E-state index contributed by atoms with van der Waals surface area (Å²) in [5, 5.41) is 8.02.